The maximum Gasteiger partial charge on any atom is 0.277 e. The molecule has 142 valence electrons. The molecule has 3 aromatic carbocycles. The van der Waals surface area contributed by atoms with Crippen molar-refractivity contribution in [1.82, 2.24) is 5.43 Å². The Balaban J connectivity index is 1.53. The normalized spacial score (nSPS) is 10.6. The molecule has 0 radical (unpaired) electrons. The highest BCUT2D eigenvalue weighted by Crippen LogP contribution is 2.30. The van der Waals surface area contributed by atoms with Crippen molar-refractivity contribution in [2.24, 2.45) is 5.10 Å². The van der Waals surface area contributed by atoms with Crippen molar-refractivity contribution in [3.8, 4) is 22.6 Å². The molecule has 0 aromatic heterocycles. The molecule has 0 aliphatic heterocycles. The number of amides is 1. The van der Waals surface area contributed by atoms with Crippen LogP contribution in [0.15, 0.2) is 82.4 Å². The first-order valence-electron chi connectivity index (χ1n) is 8.59. The Morgan fingerprint density at radius 3 is 2.61 bits per heavy atom. The van der Waals surface area contributed by atoms with E-state index in [1.807, 2.05) is 72.8 Å². The van der Waals surface area contributed by atoms with Gasteiger partial charge in [-0.25, -0.2) is 5.43 Å². The number of carbonyl (C=O) groups excluding carboxylic acids is 1. The summed E-state index contributed by atoms with van der Waals surface area (Å²) in [5.74, 6) is 0.965. The summed E-state index contributed by atoms with van der Waals surface area (Å²) in [7, 11) is 1.60. The highest BCUT2D eigenvalue weighted by molar-refractivity contribution is 9.10. The minimum absolute atomic E-state index is 0.140. The molecule has 6 heteroatoms. The first-order chi connectivity index (χ1) is 13.7. The molecule has 1 N–H and O–H groups in total. The molecular weight excluding hydrogens is 420 g/mol. The third-order valence-corrected chi connectivity index (χ3v) is 4.51. The number of nitrogens with one attached hydrogen (secondary N) is 1. The SMILES string of the molecule is COc1cccc(/C=N/NC(=O)COc2ccc(-c3ccccc3)cc2Br)c1. The smallest absolute Gasteiger partial charge is 0.277 e. The highest BCUT2D eigenvalue weighted by atomic mass is 79.9. The zero-order chi connectivity index (χ0) is 19.8. The molecule has 0 atom stereocenters. The quantitative estimate of drug-likeness (QED) is 0.431. The second-order valence-corrected chi connectivity index (χ2v) is 6.72. The van der Waals surface area contributed by atoms with E-state index >= 15 is 0 Å². The molecule has 0 saturated carbocycles. The van der Waals surface area contributed by atoms with E-state index in [0.29, 0.717) is 5.75 Å². The van der Waals surface area contributed by atoms with Crippen molar-refractivity contribution < 1.29 is 14.3 Å². The van der Waals surface area contributed by atoms with E-state index in [9.17, 15) is 4.79 Å². The van der Waals surface area contributed by atoms with Crippen molar-refractivity contribution in [3.63, 3.8) is 0 Å². The van der Waals surface area contributed by atoms with Gasteiger partial charge in [0.2, 0.25) is 0 Å². The van der Waals surface area contributed by atoms with E-state index in [-0.39, 0.29) is 12.5 Å². The van der Waals surface area contributed by atoms with Crippen molar-refractivity contribution in [1.29, 1.82) is 0 Å². The molecule has 0 unspecified atom stereocenters. The summed E-state index contributed by atoms with van der Waals surface area (Å²) in [4.78, 5) is 11.9. The molecule has 0 bridgehead atoms. The second-order valence-electron chi connectivity index (χ2n) is 5.87. The second kappa shape index (κ2) is 9.71. The summed E-state index contributed by atoms with van der Waals surface area (Å²) in [6, 6.07) is 23.1. The van der Waals surface area contributed by atoms with Crippen LogP contribution in [-0.2, 0) is 4.79 Å². The van der Waals surface area contributed by atoms with Crippen molar-refractivity contribution in [2.45, 2.75) is 0 Å². The topological polar surface area (TPSA) is 59.9 Å². The molecule has 28 heavy (non-hydrogen) atoms. The van der Waals surface area contributed by atoms with Gasteiger partial charge in [0.25, 0.3) is 5.91 Å². The molecule has 0 heterocycles. The van der Waals surface area contributed by atoms with Gasteiger partial charge in [-0.05, 0) is 56.9 Å². The van der Waals surface area contributed by atoms with Crippen LogP contribution in [0.1, 0.15) is 5.56 Å². The van der Waals surface area contributed by atoms with E-state index < -0.39 is 0 Å². The van der Waals surface area contributed by atoms with Crippen LogP contribution in [-0.4, -0.2) is 25.8 Å². The van der Waals surface area contributed by atoms with Gasteiger partial charge in [-0.3, -0.25) is 4.79 Å². The number of hydrogen-bond donors (Lipinski definition) is 1. The molecular formula is C22H19BrN2O3. The number of hydrazone groups is 1. The summed E-state index contributed by atoms with van der Waals surface area (Å²) in [6.45, 7) is -0.140. The third kappa shape index (κ3) is 5.44. The largest absolute Gasteiger partial charge is 0.497 e. The Kier molecular flexibility index (Phi) is 6.81. The van der Waals surface area contributed by atoms with E-state index in [0.717, 1.165) is 26.9 Å². The van der Waals surface area contributed by atoms with Gasteiger partial charge in [-0.15, -0.1) is 0 Å². The maximum absolute atomic E-state index is 11.9. The van der Waals surface area contributed by atoms with Gasteiger partial charge in [-0.1, -0.05) is 48.5 Å². The molecule has 5 nitrogen and oxygen atoms in total. The van der Waals surface area contributed by atoms with Gasteiger partial charge in [0.1, 0.15) is 11.5 Å². The summed E-state index contributed by atoms with van der Waals surface area (Å²) in [5.41, 5.74) is 5.44. The third-order valence-electron chi connectivity index (χ3n) is 3.89. The van der Waals surface area contributed by atoms with Crippen molar-refractivity contribution in [2.75, 3.05) is 13.7 Å². The number of rotatable bonds is 7. The minimum Gasteiger partial charge on any atom is -0.497 e. The van der Waals surface area contributed by atoms with Crippen LogP contribution in [0.2, 0.25) is 0 Å². The van der Waals surface area contributed by atoms with Crippen LogP contribution >= 0.6 is 15.9 Å². The van der Waals surface area contributed by atoms with Gasteiger partial charge in [0, 0.05) is 0 Å². The average Bonchev–Trinajstić information content (AvgIpc) is 2.73. The van der Waals surface area contributed by atoms with Gasteiger partial charge >= 0.3 is 0 Å². The lowest BCUT2D eigenvalue weighted by Gasteiger charge is -2.09. The lowest BCUT2D eigenvalue weighted by Crippen LogP contribution is -2.24. The lowest BCUT2D eigenvalue weighted by atomic mass is 10.1. The fourth-order valence-electron chi connectivity index (χ4n) is 2.50. The van der Waals surface area contributed by atoms with E-state index in [1.165, 1.54) is 0 Å². The highest BCUT2D eigenvalue weighted by Gasteiger charge is 2.07. The van der Waals surface area contributed by atoms with E-state index in [2.05, 4.69) is 26.5 Å². The first kappa shape index (κ1) is 19.6. The molecule has 0 spiro atoms. The van der Waals surface area contributed by atoms with Crippen molar-refractivity contribution in [3.05, 3.63) is 82.8 Å². The van der Waals surface area contributed by atoms with Crippen LogP contribution in [0.25, 0.3) is 11.1 Å². The van der Waals surface area contributed by atoms with Crippen LogP contribution < -0.4 is 14.9 Å². The number of ether oxygens (including phenoxy) is 2. The first-order valence-corrected chi connectivity index (χ1v) is 9.39. The summed E-state index contributed by atoms with van der Waals surface area (Å²) in [6.07, 6.45) is 1.55. The standard InChI is InChI=1S/C22H19BrN2O3/c1-27-19-9-5-6-16(12-19)14-24-25-22(26)15-28-21-11-10-18(13-20(21)23)17-7-3-2-4-8-17/h2-14H,15H2,1H3,(H,25,26)/b24-14+. The predicted molar refractivity (Wildman–Crippen MR) is 114 cm³/mol. The number of carbonyl (C=O) groups is 1. The maximum atomic E-state index is 11.9. The number of methoxy groups -OCH3 is 1. The van der Waals surface area contributed by atoms with E-state index in [1.54, 1.807) is 13.3 Å². The zero-order valence-electron chi connectivity index (χ0n) is 15.3. The Hall–Kier alpha value is -3.12. The minimum atomic E-state index is -0.349. The zero-order valence-corrected chi connectivity index (χ0v) is 16.8. The van der Waals surface area contributed by atoms with Gasteiger partial charge in [0.15, 0.2) is 6.61 Å². The lowest BCUT2D eigenvalue weighted by molar-refractivity contribution is -0.123. The van der Waals surface area contributed by atoms with Gasteiger partial charge in [0.05, 0.1) is 17.8 Å². The van der Waals surface area contributed by atoms with E-state index in [4.69, 9.17) is 9.47 Å². The van der Waals surface area contributed by atoms with Crippen molar-refractivity contribution >= 4 is 28.1 Å². The molecule has 0 aliphatic carbocycles. The number of halogens is 1. The average molecular weight is 439 g/mol. The van der Waals surface area contributed by atoms with Crippen LogP contribution in [0.3, 0.4) is 0 Å². The van der Waals surface area contributed by atoms with Crippen LogP contribution in [0, 0.1) is 0 Å². The monoisotopic (exact) mass is 438 g/mol. The summed E-state index contributed by atoms with van der Waals surface area (Å²) < 4.78 is 11.5. The Bertz CT molecular complexity index is 975. The Labute approximate surface area is 172 Å². The fourth-order valence-corrected chi connectivity index (χ4v) is 3.00. The van der Waals surface area contributed by atoms with Gasteiger partial charge < -0.3 is 9.47 Å². The molecule has 0 fully saturated rings. The predicted octanol–water partition coefficient (Wildman–Crippen LogP) is 4.65. The summed E-state index contributed by atoms with van der Waals surface area (Å²) in [5, 5.41) is 3.93. The Morgan fingerprint density at radius 1 is 1.04 bits per heavy atom. The van der Waals surface area contributed by atoms with Gasteiger partial charge in [-0.2, -0.15) is 5.10 Å². The number of nitrogens with zero attached hydrogens (tertiary/aromatic N) is 1. The fraction of sp³-hybridized carbons (Fsp3) is 0.0909. The number of hydrogen-bond acceptors (Lipinski definition) is 4. The summed E-state index contributed by atoms with van der Waals surface area (Å²) >= 11 is 3.49. The van der Waals surface area contributed by atoms with Crippen LogP contribution in [0.4, 0.5) is 0 Å². The Morgan fingerprint density at radius 2 is 1.86 bits per heavy atom. The molecule has 0 saturated heterocycles. The molecule has 3 rings (SSSR count). The molecule has 1 amide bonds. The molecule has 0 aliphatic rings. The molecule has 3 aromatic rings. The number of benzene rings is 3. The van der Waals surface area contributed by atoms with Crippen LogP contribution in [0.5, 0.6) is 11.5 Å².